The number of hydrogen-bond acceptors (Lipinski definition) is 3. The van der Waals surface area contributed by atoms with Crippen LogP contribution in [-0.4, -0.2) is 17.4 Å². The highest BCUT2D eigenvalue weighted by molar-refractivity contribution is 6.35. The third-order valence-corrected chi connectivity index (χ3v) is 2.74. The predicted octanol–water partition coefficient (Wildman–Crippen LogP) is 4.15. The molecule has 0 bridgehead atoms. The molecular weight excluding hydrogens is 287 g/mol. The molecule has 0 fully saturated rings. The van der Waals surface area contributed by atoms with Gasteiger partial charge in [0.15, 0.2) is 5.78 Å². The van der Waals surface area contributed by atoms with Crippen LogP contribution < -0.4 is 0 Å². The van der Waals surface area contributed by atoms with Crippen molar-refractivity contribution in [3.05, 3.63) is 33.8 Å². The standard InChI is InChI=1S/C14H16Cl2O3/c1-8(13(18)19-14(2,3)4)12(17)9-5-10(15)7-11(16)6-9/h5-8H,1-4H3. The van der Waals surface area contributed by atoms with Gasteiger partial charge in [-0.25, -0.2) is 0 Å². The van der Waals surface area contributed by atoms with Crippen LogP contribution in [-0.2, 0) is 9.53 Å². The van der Waals surface area contributed by atoms with Gasteiger partial charge in [-0.15, -0.1) is 0 Å². The van der Waals surface area contributed by atoms with Crippen LogP contribution in [0.15, 0.2) is 18.2 Å². The molecule has 0 heterocycles. The zero-order valence-electron chi connectivity index (χ0n) is 11.3. The average molecular weight is 303 g/mol. The van der Waals surface area contributed by atoms with Crippen molar-refractivity contribution in [1.82, 2.24) is 0 Å². The minimum absolute atomic E-state index is 0.302. The maximum Gasteiger partial charge on any atom is 0.317 e. The molecule has 0 spiro atoms. The Bertz CT molecular complexity index is 484. The SMILES string of the molecule is CC(C(=O)OC(C)(C)C)C(=O)c1cc(Cl)cc(Cl)c1. The van der Waals surface area contributed by atoms with Crippen molar-refractivity contribution in [1.29, 1.82) is 0 Å². The summed E-state index contributed by atoms with van der Waals surface area (Å²) in [7, 11) is 0. The number of ether oxygens (including phenoxy) is 1. The minimum atomic E-state index is -0.895. The van der Waals surface area contributed by atoms with E-state index in [1.165, 1.54) is 25.1 Å². The summed E-state index contributed by atoms with van der Waals surface area (Å²) in [6.45, 7) is 6.75. The number of halogens is 2. The molecule has 0 aliphatic heterocycles. The topological polar surface area (TPSA) is 43.4 Å². The van der Waals surface area contributed by atoms with Crippen molar-refractivity contribution in [2.24, 2.45) is 5.92 Å². The van der Waals surface area contributed by atoms with Gasteiger partial charge in [0.1, 0.15) is 11.5 Å². The highest BCUT2D eigenvalue weighted by Gasteiger charge is 2.28. The highest BCUT2D eigenvalue weighted by Crippen LogP contribution is 2.22. The van der Waals surface area contributed by atoms with Crippen molar-refractivity contribution in [2.75, 3.05) is 0 Å². The maximum absolute atomic E-state index is 12.2. The first kappa shape index (κ1) is 16.0. The van der Waals surface area contributed by atoms with Crippen molar-refractivity contribution in [3.8, 4) is 0 Å². The van der Waals surface area contributed by atoms with Crippen LogP contribution in [0.5, 0.6) is 0 Å². The van der Waals surface area contributed by atoms with Crippen molar-refractivity contribution < 1.29 is 14.3 Å². The van der Waals surface area contributed by atoms with E-state index in [0.717, 1.165) is 0 Å². The molecule has 0 amide bonds. The molecule has 0 aliphatic rings. The van der Waals surface area contributed by atoms with Gasteiger partial charge in [-0.1, -0.05) is 23.2 Å². The summed E-state index contributed by atoms with van der Waals surface area (Å²) in [4.78, 5) is 24.0. The second-order valence-corrected chi connectivity index (χ2v) is 6.15. The largest absolute Gasteiger partial charge is 0.459 e. The zero-order chi connectivity index (χ0) is 14.8. The van der Waals surface area contributed by atoms with Gasteiger partial charge in [-0.05, 0) is 45.9 Å². The number of carbonyl (C=O) groups excluding carboxylic acids is 2. The van der Waals surface area contributed by atoms with E-state index in [1.54, 1.807) is 20.8 Å². The summed E-state index contributed by atoms with van der Waals surface area (Å²) in [6.07, 6.45) is 0. The monoisotopic (exact) mass is 302 g/mol. The lowest BCUT2D eigenvalue weighted by Crippen LogP contribution is -2.31. The maximum atomic E-state index is 12.2. The molecule has 5 heteroatoms. The molecule has 19 heavy (non-hydrogen) atoms. The van der Waals surface area contributed by atoms with E-state index in [-0.39, 0.29) is 5.78 Å². The molecule has 1 atom stereocenters. The van der Waals surface area contributed by atoms with Crippen LogP contribution >= 0.6 is 23.2 Å². The highest BCUT2D eigenvalue weighted by atomic mass is 35.5. The Morgan fingerprint density at radius 3 is 2.00 bits per heavy atom. The van der Waals surface area contributed by atoms with Gasteiger partial charge >= 0.3 is 5.97 Å². The molecule has 1 unspecified atom stereocenters. The molecule has 1 aromatic rings. The summed E-state index contributed by atoms with van der Waals surface area (Å²) in [5, 5.41) is 0.708. The second kappa shape index (κ2) is 5.93. The normalized spacial score (nSPS) is 12.9. The molecule has 0 N–H and O–H groups in total. The summed E-state index contributed by atoms with van der Waals surface area (Å²) in [6, 6.07) is 4.49. The summed E-state index contributed by atoms with van der Waals surface area (Å²) >= 11 is 11.7. The Morgan fingerprint density at radius 2 is 1.58 bits per heavy atom. The van der Waals surface area contributed by atoms with Crippen molar-refractivity contribution >= 4 is 35.0 Å². The molecule has 1 rings (SSSR count). The van der Waals surface area contributed by atoms with Crippen LogP contribution in [0.1, 0.15) is 38.1 Å². The Hall–Kier alpha value is -1.06. The van der Waals surface area contributed by atoms with Crippen LogP contribution in [0.4, 0.5) is 0 Å². The number of carbonyl (C=O) groups is 2. The Kier molecular flexibility index (Phi) is 4.99. The lowest BCUT2D eigenvalue weighted by molar-refractivity contribution is -0.157. The Balaban J connectivity index is 2.90. The summed E-state index contributed by atoms with van der Waals surface area (Å²) in [5.74, 6) is -1.82. The summed E-state index contributed by atoms with van der Waals surface area (Å²) in [5.41, 5.74) is -0.326. The Morgan fingerprint density at radius 1 is 1.11 bits per heavy atom. The summed E-state index contributed by atoms with van der Waals surface area (Å²) < 4.78 is 5.18. The van der Waals surface area contributed by atoms with Crippen LogP contribution in [0, 0.1) is 5.92 Å². The molecule has 0 saturated heterocycles. The number of rotatable bonds is 3. The zero-order valence-corrected chi connectivity index (χ0v) is 12.8. The first-order valence-electron chi connectivity index (χ1n) is 5.83. The van der Waals surface area contributed by atoms with Crippen molar-refractivity contribution in [2.45, 2.75) is 33.3 Å². The van der Waals surface area contributed by atoms with Crippen LogP contribution in [0.25, 0.3) is 0 Å². The molecule has 0 radical (unpaired) electrons. The van der Waals surface area contributed by atoms with Gasteiger partial charge in [0.2, 0.25) is 0 Å². The second-order valence-electron chi connectivity index (χ2n) is 5.28. The Labute approximate surface area is 122 Å². The van der Waals surface area contributed by atoms with E-state index in [4.69, 9.17) is 27.9 Å². The number of ketones is 1. The van der Waals surface area contributed by atoms with E-state index < -0.39 is 17.5 Å². The fourth-order valence-electron chi connectivity index (χ4n) is 1.44. The van der Waals surface area contributed by atoms with Gasteiger partial charge in [-0.2, -0.15) is 0 Å². The number of esters is 1. The lowest BCUT2D eigenvalue weighted by Gasteiger charge is -2.21. The first-order valence-corrected chi connectivity index (χ1v) is 6.59. The molecule has 0 aliphatic carbocycles. The van der Waals surface area contributed by atoms with Crippen molar-refractivity contribution in [3.63, 3.8) is 0 Å². The fraction of sp³-hybridized carbons (Fsp3) is 0.429. The quantitative estimate of drug-likeness (QED) is 0.478. The van der Waals surface area contributed by atoms with E-state index in [9.17, 15) is 9.59 Å². The molecule has 3 nitrogen and oxygen atoms in total. The molecule has 1 aromatic carbocycles. The van der Waals surface area contributed by atoms with Gasteiger partial charge in [0.05, 0.1) is 0 Å². The minimum Gasteiger partial charge on any atom is -0.459 e. The molecule has 0 aromatic heterocycles. The smallest absolute Gasteiger partial charge is 0.317 e. The fourth-order valence-corrected chi connectivity index (χ4v) is 1.97. The van der Waals surface area contributed by atoms with E-state index in [0.29, 0.717) is 15.6 Å². The van der Waals surface area contributed by atoms with Gasteiger partial charge < -0.3 is 4.74 Å². The van der Waals surface area contributed by atoms with Gasteiger partial charge in [0, 0.05) is 15.6 Å². The van der Waals surface area contributed by atoms with Gasteiger partial charge in [0.25, 0.3) is 0 Å². The molecule has 104 valence electrons. The third kappa shape index (κ3) is 4.84. The van der Waals surface area contributed by atoms with E-state index >= 15 is 0 Å². The first-order chi connectivity index (χ1) is 8.60. The van der Waals surface area contributed by atoms with E-state index in [1.807, 2.05) is 0 Å². The van der Waals surface area contributed by atoms with Crippen LogP contribution in [0.2, 0.25) is 10.0 Å². The number of hydrogen-bond donors (Lipinski definition) is 0. The third-order valence-electron chi connectivity index (χ3n) is 2.30. The molecule has 0 saturated carbocycles. The average Bonchev–Trinajstić information content (AvgIpc) is 2.23. The van der Waals surface area contributed by atoms with Gasteiger partial charge in [-0.3, -0.25) is 9.59 Å². The van der Waals surface area contributed by atoms with E-state index in [2.05, 4.69) is 0 Å². The van der Waals surface area contributed by atoms with Crippen LogP contribution in [0.3, 0.4) is 0 Å². The number of Topliss-reactive ketones (excluding diaryl/α,β-unsaturated/α-hetero) is 1. The lowest BCUT2D eigenvalue weighted by atomic mass is 9.99. The number of benzene rings is 1. The predicted molar refractivity (Wildman–Crippen MR) is 75.8 cm³/mol. The molecular formula is C14H16Cl2O3.